The molecule has 0 fully saturated rings. The third kappa shape index (κ3) is 1.36. The van der Waals surface area contributed by atoms with E-state index in [9.17, 15) is 0 Å². The maximum atomic E-state index is 4.14. The predicted octanol–water partition coefficient (Wildman–Crippen LogP) is 1.08. The molecule has 0 bridgehead atoms. The third-order valence-corrected chi connectivity index (χ3v) is 1.61. The van der Waals surface area contributed by atoms with Crippen molar-refractivity contribution in [2.24, 2.45) is 0 Å². The highest BCUT2D eigenvalue weighted by atomic mass is 15.0. The molecule has 56 valence electrons. The standard InChI is InChI=1S/C7H13N3/c1-3-6(8-2)7-9-4-5-10-7/h4-6,8H,3H2,1-2H3,(H,9,10). The Morgan fingerprint density at radius 3 is 3.00 bits per heavy atom. The molecule has 0 radical (unpaired) electrons. The summed E-state index contributed by atoms with van der Waals surface area (Å²) in [5.41, 5.74) is 0. The highest BCUT2D eigenvalue weighted by Gasteiger charge is 2.06. The second kappa shape index (κ2) is 3.37. The number of aromatic nitrogens is 2. The van der Waals surface area contributed by atoms with Crippen molar-refractivity contribution in [1.29, 1.82) is 0 Å². The maximum absolute atomic E-state index is 4.14. The summed E-state index contributed by atoms with van der Waals surface area (Å²) >= 11 is 0. The van der Waals surface area contributed by atoms with Gasteiger partial charge in [0.2, 0.25) is 0 Å². The van der Waals surface area contributed by atoms with Crippen LogP contribution in [0.2, 0.25) is 0 Å². The van der Waals surface area contributed by atoms with Gasteiger partial charge in [-0.15, -0.1) is 0 Å². The smallest absolute Gasteiger partial charge is 0.123 e. The van der Waals surface area contributed by atoms with Crippen molar-refractivity contribution in [2.45, 2.75) is 19.4 Å². The van der Waals surface area contributed by atoms with E-state index >= 15 is 0 Å². The van der Waals surface area contributed by atoms with Gasteiger partial charge in [0.05, 0.1) is 6.04 Å². The molecule has 1 rings (SSSR count). The van der Waals surface area contributed by atoms with Crippen LogP contribution in [-0.2, 0) is 0 Å². The first-order valence-corrected chi connectivity index (χ1v) is 3.55. The number of hydrogen-bond donors (Lipinski definition) is 2. The molecular formula is C7H13N3. The quantitative estimate of drug-likeness (QED) is 0.658. The van der Waals surface area contributed by atoms with E-state index in [1.54, 1.807) is 6.20 Å². The van der Waals surface area contributed by atoms with Gasteiger partial charge >= 0.3 is 0 Å². The van der Waals surface area contributed by atoms with Gasteiger partial charge in [0.25, 0.3) is 0 Å². The van der Waals surface area contributed by atoms with Crippen LogP contribution in [-0.4, -0.2) is 17.0 Å². The molecule has 3 heteroatoms. The number of nitrogens with one attached hydrogen (secondary N) is 2. The van der Waals surface area contributed by atoms with Crippen molar-refractivity contribution in [2.75, 3.05) is 7.05 Å². The molecule has 0 amide bonds. The average molecular weight is 139 g/mol. The van der Waals surface area contributed by atoms with Crippen molar-refractivity contribution in [3.63, 3.8) is 0 Å². The van der Waals surface area contributed by atoms with Crippen molar-refractivity contribution in [1.82, 2.24) is 15.3 Å². The number of imidazole rings is 1. The summed E-state index contributed by atoms with van der Waals surface area (Å²) in [4.78, 5) is 7.21. The zero-order valence-corrected chi connectivity index (χ0v) is 6.39. The molecule has 0 aliphatic rings. The minimum Gasteiger partial charge on any atom is -0.347 e. The van der Waals surface area contributed by atoms with Crippen LogP contribution in [0.3, 0.4) is 0 Å². The first kappa shape index (κ1) is 7.28. The van der Waals surface area contributed by atoms with Gasteiger partial charge in [-0.1, -0.05) is 6.92 Å². The van der Waals surface area contributed by atoms with Crippen LogP contribution in [0.4, 0.5) is 0 Å². The number of hydrogen-bond acceptors (Lipinski definition) is 2. The fourth-order valence-corrected chi connectivity index (χ4v) is 1.00. The van der Waals surface area contributed by atoms with Crippen LogP contribution in [0.25, 0.3) is 0 Å². The number of H-pyrrole nitrogens is 1. The van der Waals surface area contributed by atoms with Crippen LogP contribution in [0.15, 0.2) is 12.4 Å². The van der Waals surface area contributed by atoms with Gasteiger partial charge in [-0.2, -0.15) is 0 Å². The molecule has 0 aromatic carbocycles. The van der Waals surface area contributed by atoms with Crippen molar-refractivity contribution in [3.8, 4) is 0 Å². The molecule has 0 saturated carbocycles. The topological polar surface area (TPSA) is 40.7 Å². The van der Waals surface area contributed by atoms with Crippen LogP contribution in [0, 0.1) is 0 Å². The average Bonchev–Trinajstić information content (AvgIpc) is 2.43. The summed E-state index contributed by atoms with van der Waals surface area (Å²) in [6.07, 6.45) is 4.68. The first-order valence-electron chi connectivity index (χ1n) is 3.55. The molecule has 2 N–H and O–H groups in total. The van der Waals surface area contributed by atoms with E-state index in [4.69, 9.17) is 0 Å². The Labute approximate surface area is 60.9 Å². The Morgan fingerprint density at radius 2 is 2.60 bits per heavy atom. The van der Waals surface area contributed by atoms with E-state index in [0.717, 1.165) is 12.2 Å². The monoisotopic (exact) mass is 139 g/mol. The second-order valence-corrected chi connectivity index (χ2v) is 2.22. The van der Waals surface area contributed by atoms with E-state index in [1.807, 2.05) is 13.2 Å². The van der Waals surface area contributed by atoms with E-state index in [2.05, 4.69) is 22.2 Å². The Balaban J connectivity index is 2.64. The normalized spacial score (nSPS) is 13.4. The minimum absolute atomic E-state index is 0.370. The summed E-state index contributed by atoms with van der Waals surface area (Å²) in [6.45, 7) is 2.13. The fraction of sp³-hybridized carbons (Fsp3) is 0.571. The molecule has 0 aliphatic carbocycles. The van der Waals surface area contributed by atoms with E-state index < -0.39 is 0 Å². The van der Waals surface area contributed by atoms with Crippen molar-refractivity contribution in [3.05, 3.63) is 18.2 Å². The summed E-state index contributed by atoms with van der Waals surface area (Å²) in [6, 6.07) is 0.370. The summed E-state index contributed by atoms with van der Waals surface area (Å²) < 4.78 is 0. The zero-order valence-electron chi connectivity index (χ0n) is 6.39. The highest BCUT2D eigenvalue weighted by molar-refractivity contribution is 4.94. The van der Waals surface area contributed by atoms with E-state index in [-0.39, 0.29) is 0 Å². The van der Waals surface area contributed by atoms with Crippen LogP contribution in [0.1, 0.15) is 25.2 Å². The minimum atomic E-state index is 0.370. The largest absolute Gasteiger partial charge is 0.347 e. The van der Waals surface area contributed by atoms with Gasteiger partial charge in [0, 0.05) is 12.4 Å². The number of rotatable bonds is 3. The van der Waals surface area contributed by atoms with Gasteiger partial charge < -0.3 is 10.3 Å². The fourth-order valence-electron chi connectivity index (χ4n) is 1.00. The molecule has 1 unspecified atom stereocenters. The lowest BCUT2D eigenvalue weighted by atomic mass is 10.2. The van der Waals surface area contributed by atoms with Crippen molar-refractivity contribution < 1.29 is 0 Å². The first-order chi connectivity index (χ1) is 4.88. The molecule has 1 atom stereocenters. The molecule has 1 aromatic rings. The van der Waals surface area contributed by atoms with Gasteiger partial charge in [0.1, 0.15) is 5.82 Å². The van der Waals surface area contributed by atoms with Crippen LogP contribution in [0.5, 0.6) is 0 Å². The number of aromatic amines is 1. The van der Waals surface area contributed by atoms with Gasteiger partial charge in [-0.05, 0) is 13.5 Å². The lowest BCUT2D eigenvalue weighted by Crippen LogP contribution is -2.16. The van der Waals surface area contributed by atoms with Gasteiger partial charge in [0.15, 0.2) is 0 Å². The van der Waals surface area contributed by atoms with E-state index in [1.165, 1.54) is 0 Å². The lowest BCUT2D eigenvalue weighted by Gasteiger charge is -2.09. The molecular weight excluding hydrogens is 126 g/mol. The van der Waals surface area contributed by atoms with Crippen LogP contribution >= 0.6 is 0 Å². The molecule has 0 saturated heterocycles. The predicted molar refractivity (Wildman–Crippen MR) is 40.7 cm³/mol. The molecule has 0 spiro atoms. The van der Waals surface area contributed by atoms with Gasteiger partial charge in [-0.25, -0.2) is 4.98 Å². The molecule has 1 aromatic heterocycles. The Kier molecular flexibility index (Phi) is 2.45. The highest BCUT2D eigenvalue weighted by Crippen LogP contribution is 2.08. The SMILES string of the molecule is CCC(NC)c1ncc[nH]1. The molecule has 1 heterocycles. The molecule has 3 nitrogen and oxygen atoms in total. The Bertz CT molecular complexity index is 165. The maximum Gasteiger partial charge on any atom is 0.123 e. The summed E-state index contributed by atoms with van der Waals surface area (Å²) in [5.74, 6) is 1.02. The van der Waals surface area contributed by atoms with Gasteiger partial charge in [-0.3, -0.25) is 0 Å². The summed E-state index contributed by atoms with van der Waals surface area (Å²) in [5, 5.41) is 3.16. The molecule has 0 aliphatic heterocycles. The Hall–Kier alpha value is -0.830. The lowest BCUT2D eigenvalue weighted by molar-refractivity contribution is 0.549. The van der Waals surface area contributed by atoms with E-state index in [0.29, 0.717) is 6.04 Å². The summed E-state index contributed by atoms with van der Waals surface area (Å²) in [7, 11) is 1.94. The second-order valence-electron chi connectivity index (χ2n) is 2.22. The van der Waals surface area contributed by atoms with Crippen LogP contribution < -0.4 is 5.32 Å². The molecule has 10 heavy (non-hydrogen) atoms. The number of nitrogens with zero attached hydrogens (tertiary/aromatic N) is 1. The van der Waals surface area contributed by atoms with Crippen molar-refractivity contribution >= 4 is 0 Å². The Morgan fingerprint density at radius 1 is 1.80 bits per heavy atom. The third-order valence-electron chi connectivity index (χ3n) is 1.61. The zero-order chi connectivity index (χ0) is 7.40.